The molecule has 69 valence electrons. The van der Waals surface area contributed by atoms with E-state index in [9.17, 15) is 9.90 Å². The Bertz CT molecular complexity index is 160. The van der Waals surface area contributed by atoms with Gasteiger partial charge in [-0.15, -0.1) is 0 Å². The van der Waals surface area contributed by atoms with Gasteiger partial charge in [-0.2, -0.15) is 0 Å². The lowest BCUT2D eigenvalue weighted by Gasteiger charge is -2.21. The number of amides is 1. The quantitative estimate of drug-likeness (QED) is 0.637. The normalized spacial score (nSPS) is 23.7. The first-order valence-electron chi connectivity index (χ1n) is 4.28. The van der Waals surface area contributed by atoms with Gasteiger partial charge in [0.15, 0.2) is 0 Å². The SMILES string of the molecule is [O]CC1CCC(=O)N1CCCO. The van der Waals surface area contributed by atoms with Crippen LogP contribution in [0.5, 0.6) is 0 Å². The van der Waals surface area contributed by atoms with Gasteiger partial charge in [0.05, 0.1) is 6.04 Å². The molecule has 12 heavy (non-hydrogen) atoms. The molecular formula is C8H14NO3. The summed E-state index contributed by atoms with van der Waals surface area (Å²) in [5, 5.41) is 19.2. The highest BCUT2D eigenvalue weighted by Crippen LogP contribution is 2.18. The minimum Gasteiger partial charge on any atom is -0.396 e. The van der Waals surface area contributed by atoms with Crippen molar-refractivity contribution in [1.82, 2.24) is 4.90 Å². The Morgan fingerprint density at radius 1 is 1.58 bits per heavy atom. The van der Waals surface area contributed by atoms with E-state index in [0.29, 0.717) is 25.8 Å². The number of hydrogen-bond acceptors (Lipinski definition) is 2. The molecule has 0 aromatic heterocycles. The molecule has 1 aliphatic rings. The standard InChI is InChI=1S/C8H14NO3/c10-5-1-4-9-7(6-11)2-3-8(9)12/h7,10H,1-6H2. The Morgan fingerprint density at radius 3 is 2.92 bits per heavy atom. The average molecular weight is 172 g/mol. The molecule has 1 fully saturated rings. The molecule has 1 saturated heterocycles. The maximum absolute atomic E-state index is 11.2. The number of hydrogen-bond donors (Lipinski definition) is 1. The number of aliphatic hydroxyl groups excluding tert-OH is 1. The number of rotatable bonds is 4. The van der Waals surface area contributed by atoms with Crippen LogP contribution in [-0.2, 0) is 9.90 Å². The maximum atomic E-state index is 11.2. The molecule has 1 radical (unpaired) electrons. The van der Waals surface area contributed by atoms with Gasteiger partial charge in [0.1, 0.15) is 6.61 Å². The van der Waals surface area contributed by atoms with Gasteiger partial charge in [-0.05, 0) is 12.8 Å². The Labute approximate surface area is 71.8 Å². The highest BCUT2D eigenvalue weighted by atomic mass is 16.3. The van der Waals surface area contributed by atoms with Crippen molar-refractivity contribution in [3.05, 3.63) is 0 Å². The lowest BCUT2D eigenvalue weighted by atomic mass is 10.2. The van der Waals surface area contributed by atoms with Crippen molar-refractivity contribution in [3.63, 3.8) is 0 Å². The Hall–Kier alpha value is -0.610. The summed E-state index contributed by atoms with van der Waals surface area (Å²) in [5.41, 5.74) is 0. The molecule has 1 aliphatic heterocycles. The molecule has 0 spiro atoms. The highest BCUT2D eigenvalue weighted by Gasteiger charge is 2.29. The van der Waals surface area contributed by atoms with Crippen LogP contribution in [0.1, 0.15) is 19.3 Å². The molecule has 1 heterocycles. The fraction of sp³-hybridized carbons (Fsp3) is 0.875. The molecular weight excluding hydrogens is 158 g/mol. The molecule has 4 heteroatoms. The van der Waals surface area contributed by atoms with Gasteiger partial charge in [-0.3, -0.25) is 4.79 Å². The average Bonchev–Trinajstić information content (AvgIpc) is 2.43. The number of aliphatic hydroxyl groups is 1. The summed E-state index contributed by atoms with van der Waals surface area (Å²) in [6.07, 6.45) is 1.76. The van der Waals surface area contributed by atoms with Crippen molar-refractivity contribution in [2.45, 2.75) is 25.3 Å². The van der Waals surface area contributed by atoms with Crippen LogP contribution in [0.4, 0.5) is 0 Å². The largest absolute Gasteiger partial charge is 0.396 e. The summed E-state index contributed by atoms with van der Waals surface area (Å²) >= 11 is 0. The minimum absolute atomic E-state index is 0.0595. The molecule has 0 saturated carbocycles. The minimum atomic E-state index is -0.211. The molecule has 0 aromatic carbocycles. The van der Waals surface area contributed by atoms with Gasteiger partial charge in [0, 0.05) is 19.6 Å². The van der Waals surface area contributed by atoms with E-state index in [1.165, 1.54) is 0 Å². The molecule has 1 unspecified atom stereocenters. The van der Waals surface area contributed by atoms with Crippen molar-refractivity contribution in [3.8, 4) is 0 Å². The number of carbonyl (C=O) groups excluding carboxylic acids is 1. The molecule has 0 aromatic rings. The van der Waals surface area contributed by atoms with Crippen LogP contribution in [0.2, 0.25) is 0 Å². The van der Waals surface area contributed by atoms with E-state index in [1.807, 2.05) is 0 Å². The molecule has 4 nitrogen and oxygen atoms in total. The zero-order valence-electron chi connectivity index (χ0n) is 7.03. The van der Waals surface area contributed by atoms with Crippen LogP contribution in [0, 0.1) is 0 Å². The molecule has 1 rings (SSSR count). The van der Waals surface area contributed by atoms with Gasteiger partial charge < -0.3 is 10.0 Å². The van der Waals surface area contributed by atoms with E-state index in [2.05, 4.69) is 0 Å². The van der Waals surface area contributed by atoms with E-state index in [1.54, 1.807) is 4.90 Å². The highest BCUT2D eigenvalue weighted by molar-refractivity contribution is 5.78. The van der Waals surface area contributed by atoms with Gasteiger partial charge in [0.25, 0.3) is 0 Å². The third kappa shape index (κ3) is 1.95. The van der Waals surface area contributed by atoms with Crippen LogP contribution in [0.25, 0.3) is 0 Å². The molecule has 0 aliphatic carbocycles. The fourth-order valence-electron chi connectivity index (χ4n) is 1.51. The van der Waals surface area contributed by atoms with E-state index in [0.717, 1.165) is 0 Å². The van der Waals surface area contributed by atoms with Gasteiger partial charge in [0.2, 0.25) is 5.91 Å². The monoisotopic (exact) mass is 172 g/mol. The van der Waals surface area contributed by atoms with Gasteiger partial charge in [-0.1, -0.05) is 0 Å². The predicted octanol–water partition coefficient (Wildman–Crippen LogP) is -0.210. The summed E-state index contributed by atoms with van der Waals surface area (Å²) in [7, 11) is 0. The lowest BCUT2D eigenvalue weighted by Crippen LogP contribution is -2.36. The summed E-state index contributed by atoms with van der Waals surface area (Å²) in [5.74, 6) is 0.0595. The topological polar surface area (TPSA) is 60.4 Å². The van der Waals surface area contributed by atoms with Crippen LogP contribution < -0.4 is 0 Å². The Balaban J connectivity index is 2.40. The second-order valence-corrected chi connectivity index (χ2v) is 3.02. The number of carbonyl (C=O) groups is 1. The second kappa shape index (κ2) is 4.42. The van der Waals surface area contributed by atoms with Crippen LogP contribution >= 0.6 is 0 Å². The van der Waals surface area contributed by atoms with E-state index in [4.69, 9.17) is 5.11 Å². The number of likely N-dealkylation sites (tertiary alicyclic amines) is 1. The molecule has 1 atom stereocenters. The van der Waals surface area contributed by atoms with Crippen molar-refractivity contribution in [2.24, 2.45) is 0 Å². The summed E-state index contributed by atoms with van der Waals surface area (Å²) in [6, 6.07) is -0.121. The van der Waals surface area contributed by atoms with Crippen molar-refractivity contribution >= 4 is 5.91 Å². The van der Waals surface area contributed by atoms with Gasteiger partial charge in [-0.25, -0.2) is 5.11 Å². The molecule has 1 amide bonds. The van der Waals surface area contributed by atoms with Crippen LogP contribution in [0.3, 0.4) is 0 Å². The lowest BCUT2D eigenvalue weighted by molar-refractivity contribution is -0.129. The second-order valence-electron chi connectivity index (χ2n) is 3.02. The van der Waals surface area contributed by atoms with E-state index in [-0.39, 0.29) is 25.2 Å². The third-order valence-corrected chi connectivity index (χ3v) is 2.20. The predicted molar refractivity (Wildman–Crippen MR) is 42.0 cm³/mol. The Kier molecular flexibility index (Phi) is 3.49. The molecule has 1 N–H and O–H groups in total. The zero-order chi connectivity index (χ0) is 8.97. The Morgan fingerprint density at radius 2 is 2.33 bits per heavy atom. The summed E-state index contributed by atoms with van der Waals surface area (Å²) in [4.78, 5) is 12.8. The van der Waals surface area contributed by atoms with Gasteiger partial charge >= 0.3 is 0 Å². The van der Waals surface area contributed by atoms with E-state index >= 15 is 0 Å². The van der Waals surface area contributed by atoms with Crippen molar-refractivity contribution in [1.29, 1.82) is 0 Å². The first kappa shape index (κ1) is 9.48. The smallest absolute Gasteiger partial charge is 0.222 e. The first-order chi connectivity index (χ1) is 5.79. The van der Waals surface area contributed by atoms with Crippen LogP contribution in [-0.4, -0.2) is 41.7 Å². The molecule has 0 bridgehead atoms. The van der Waals surface area contributed by atoms with E-state index < -0.39 is 0 Å². The zero-order valence-corrected chi connectivity index (χ0v) is 7.03. The third-order valence-electron chi connectivity index (χ3n) is 2.20. The van der Waals surface area contributed by atoms with Crippen molar-refractivity contribution in [2.75, 3.05) is 19.8 Å². The number of nitrogens with zero attached hydrogens (tertiary/aromatic N) is 1. The van der Waals surface area contributed by atoms with Crippen LogP contribution in [0.15, 0.2) is 0 Å². The summed E-state index contributed by atoms with van der Waals surface area (Å²) < 4.78 is 0. The summed E-state index contributed by atoms with van der Waals surface area (Å²) in [6.45, 7) is 0.398. The fourth-order valence-corrected chi connectivity index (χ4v) is 1.51. The van der Waals surface area contributed by atoms with Crippen molar-refractivity contribution < 1.29 is 15.0 Å². The first-order valence-corrected chi connectivity index (χ1v) is 4.28. The maximum Gasteiger partial charge on any atom is 0.222 e.